The van der Waals surface area contributed by atoms with Gasteiger partial charge in [0.25, 0.3) is 15.9 Å². The molecule has 4 heterocycles. The number of benzene rings is 1. The maximum absolute atomic E-state index is 12.8. The van der Waals surface area contributed by atoms with E-state index in [1.54, 1.807) is 27.4 Å². The van der Waals surface area contributed by atoms with Crippen LogP contribution < -0.4 is 10.0 Å². The van der Waals surface area contributed by atoms with Crippen molar-refractivity contribution >= 4 is 55.1 Å². The van der Waals surface area contributed by atoms with Crippen LogP contribution in [0, 0.1) is 0 Å². The fraction of sp³-hybridized carbons (Fsp3) is 0. The molecule has 0 aliphatic carbocycles. The lowest BCUT2D eigenvalue weighted by Crippen LogP contribution is -2.14. The normalized spacial score (nSPS) is 11.5. The molecule has 5 aromatic rings. The molecular formula is C20H14N6O3S3. The average molecular weight is 483 g/mol. The number of fused-ring (bicyclic) bond motifs is 1. The molecule has 0 radical (unpaired) electrons. The second-order valence-corrected chi connectivity index (χ2v) is 10.0. The predicted octanol–water partition coefficient (Wildman–Crippen LogP) is 3.97. The van der Waals surface area contributed by atoms with Gasteiger partial charge in [-0.3, -0.25) is 9.52 Å². The van der Waals surface area contributed by atoms with Crippen LogP contribution >= 0.6 is 22.7 Å². The summed E-state index contributed by atoms with van der Waals surface area (Å²) in [7, 11) is -3.76. The van der Waals surface area contributed by atoms with Gasteiger partial charge in [0.2, 0.25) is 0 Å². The molecular weight excluding hydrogens is 468 g/mol. The highest BCUT2D eigenvalue weighted by molar-refractivity contribution is 7.93. The summed E-state index contributed by atoms with van der Waals surface area (Å²) in [6.45, 7) is 0. The first-order valence-electron chi connectivity index (χ1n) is 9.22. The van der Waals surface area contributed by atoms with Crippen LogP contribution in [0.3, 0.4) is 0 Å². The number of hydrogen-bond donors (Lipinski definition) is 2. The van der Waals surface area contributed by atoms with Crippen LogP contribution in [0.15, 0.2) is 76.7 Å². The number of thiazole rings is 1. The van der Waals surface area contributed by atoms with Crippen molar-refractivity contribution in [2.75, 3.05) is 10.0 Å². The second kappa shape index (κ2) is 8.15. The van der Waals surface area contributed by atoms with Crippen LogP contribution in [-0.2, 0) is 10.0 Å². The van der Waals surface area contributed by atoms with Gasteiger partial charge in [-0.2, -0.15) is 5.10 Å². The van der Waals surface area contributed by atoms with Gasteiger partial charge >= 0.3 is 0 Å². The molecule has 1 amide bonds. The van der Waals surface area contributed by atoms with E-state index in [1.807, 2.05) is 23.6 Å². The Bertz CT molecular complexity index is 1490. The average Bonchev–Trinajstić information content (AvgIpc) is 3.55. The van der Waals surface area contributed by atoms with E-state index in [2.05, 4.69) is 25.1 Å². The summed E-state index contributed by atoms with van der Waals surface area (Å²) < 4.78 is 28.9. The lowest BCUT2D eigenvalue weighted by Gasteiger charge is -2.08. The maximum Gasteiger partial charge on any atom is 0.263 e. The lowest BCUT2D eigenvalue weighted by atomic mass is 10.2. The summed E-state index contributed by atoms with van der Waals surface area (Å²) in [6.07, 6.45) is 4.61. The quantitative estimate of drug-likeness (QED) is 0.378. The highest BCUT2D eigenvalue weighted by Crippen LogP contribution is 2.26. The van der Waals surface area contributed by atoms with Gasteiger partial charge in [-0.1, -0.05) is 6.07 Å². The number of anilines is 2. The number of carbonyl (C=O) groups excluding carboxylic acids is 1. The van der Waals surface area contributed by atoms with E-state index in [0.717, 1.165) is 10.6 Å². The van der Waals surface area contributed by atoms with Gasteiger partial charge in [0.05, 0.1) is 21.7 Å². The van der Waals surface area contributed by atoms with E-state index in [1.165, 1.54) is 48.0 Å². The van der Waals surface area contributed by atoms with Gasteiger partial charge in [0.1, 0.15) is 5.56 Å². The van der Waals surface area contributed by atoms with Crippen molar-refractivity contribution in [1.29, 1.82) is 0 Å². The van der Waals surface area contributed by atoms with Crippen molar-refractivity contribution in [2.45, 2.75) is 4.90 Å². The number of thiophene rings is 1. The van der Waals surface area contributed by atoms with E-state index >= 15 is 0 Å². The molecule has 1 aromatic carbocycles. The van der Waals surface area contributed by atoms with Crippen molar-refractivity contribution in [3.8, 4) is 10.6 Å². The fourth-order valence-electron chi connectivity index (χ4n) is 3.03. The molecule has 4 aromatic heterocycles. The minimum Gasteiger partial charge on any atom is -0.322 e. The number of nitrogens with zero attached hydrogens (tertiary/aromatic N) is 4. The molecule has 0 aliphatic rings. The smallest absolute Gasteiger partial charge is 0.263 e. The van der Waals surface area contributed by atoms with E-state index in [9.17, 15) is 13.2 Å². The Kier molecular flexibility index (Phi) is 5.17. The summed E-state index contributed by atoms with van der Waals surface area (Å²) in [6, 6.07) is 11.6. The molecule has 160 valence electrons. The van der Waals surface area contributed by atoms with Gasteiger partial charge in [-0.05, 0) is 41.8 Å². The molecule has 0 atom stereocenters. The zero-order chi connectivity index (χ0) is 22.1. The number of sulfonamides is 1. The fourth-order valence-corrected chi connectivity index (χ4v) is 5.55. The van der Waals surface area contributed by atoms with E-state index < -0.39 is 15.9 Å². The third-order valence-electron chi connectivity index (χ3n) is 4.50. The molecule has 32 heavy (non-hydrogen) atoms. The Morgan fingerprint density at radius 3 is 2.53 bits per heavy atom. The summed E-state index contributed by atoms with van der Waals surface area (Å²) in [5.74, 6) is -0.396. The molecule has 5 rings (SSSR count). The summed E-state index contributed by atoms with van der Waals surface area (Å²) in [4.78, 5) is 22.1. The second-order valence-electron chi connectivity index (χ2n) is 6.52. The number of aromatic nitrogens is 4. The SMILES string of the molecule is O=C(Nc1ccc(S(=O)(=O)Nc2nccs2)cc1)c1cnn2c(-c3cccs3)ccnc12. The number of rotatable bonds is 6. The lowest BCUT2D eigenvalue weighted by molar-refractivity contribution is 0.102. The van der Waals surface area contributed by atoms with Crippen molar-refractivity contribution in [2.24, 2.45) is 0 Å². The van der Waals surface area contributed by atoms with Gasteiger partial charge in [0.15, 0.2) is 10.8 Å². The zero-order valence-corrected chi connectivity index (χ0v) is 18.6. The van der Waals surface area contributed by atoms with Crippen molar-refractivity contribution in [1.82, 2.24) is 19.6 Å². The number of nitrogens with one attached hydrogen (secondary N) is 2. The Morgan fingerprint density at radius 1 is 0.969 bits per heavy atom. The Morgan fingerprint density at radius 2 is 1.81 bits per heavy atom. The Labute approximate surface area is 190 Å². The Hall–Kier alpha value is -3.61. The largest absolute Gasteiger partial charge is 0.322 e. The van der Waals surface area contributed by atoms with Crippen LogP contribution in [0.1, 0.15) is 10.4 Å². The Balaban J connectivity index is 1.36. The monoisotopic (exact) mass is 482 g/mol. The zero-order valence-electron chi connectivity index (χ0n) is 16.2. The first-order valence-corrected chi connectivity index (χ1v) is 12.5. The summed E-state index contributed by atoms with van der Waals surface area (Å²) in [5.41, 5.74) is 2.02. The van der Waals surface area contributed by atoms with Crippen molar-refractivity contribution < 1.29 is 13.2 Å². The van der Waals surface area contributed by atoms with E-state index in [0.29, 0.717) is 16.9 Å². The van der Waals surface area contributed by atoms with Crippen molar-refractivity contribution in [3.05, 3.63) is 77.4 Å². The van der Waals surface area contributed by atoms with E-state index in [4.69, 9.17) is 0 Å². The van der Waals surface area contributed by atoms with Gasteiger partial charge in [-0.25, -0.2) is 22.9 Å². The van der Waals surface area contributed by atoms with Crippen LogP contribution in [0.2, 0.25) is 0 Å². The predicted molar refractivity (Wildman–Crippen MR) is 124 cm³/mol. The summed E-state index contributed by atoms with van der Waals surface area (Å²) in [5, 5.41) is 11.0. The van der Waals surface area contributed by atoms with Gasteiger partial charge < -0.3 is 5.32 Å². The van der Waals surface area contributed by atoms with E-state index in [-0.39, 0.29) is 10.0 Å². The molecule has 12 heteroatoms. The minimum atomic E-state index is -3.76. The molecule has 0 spiro atoms. The standard InChI is InChI=1S/C20H14N6O3S3/c27-19(15-12-23-26-16(7-8-21-18(15)26)17-2-1-10-30-17)24-13-3-5-14(6-4-13)32(28,29)25-20-22-9-11-31-20/h1-12H,(H,22,25)(H,24,27). The minimum absolute atomic E-state index is 0.0592. The molecule has 0 bridgehead atoms. The van der Waals surface area contributed by atoms with Gasteiger partial charge in [0, 0.05) is 23.5 Å². The maximum atomic E-state index is 12.8. The van der Waals surface area contributed by atoms with Crippen LogP contribution in [-0.4, -0.2) is 33.9 Å². The first kappa shape index (κ1) is 20.3. The number of hydrogen-bond acceptors (Lipinski definition) is 8. The van der Waals surface area contributed by atoms with Crippen LogP contribution in [0.4, 0.5) is 10.8 Å². The topological polar surface area (TPSA) is 118 Å². The summed E-state index contributed by atoms with van der Waals surface area (Å²) >= 11 is 2.75. The third-order valence-corrected chi connectivity index (χ3v) is 7.56. The molecule has 0 saturated carbocycles. The van der Waals surface area contributed by atoms with Crippen LogP contribution in [0.5, 0.6) is 0 Å². The first-order chi connectivity index (χ1) is 15.5. The molecule has 0 aliphatic heterocycles. The molecule has 2 N–H and O–H groups in total. The molecule has 0 saturated heterocycles. The van der Waals surface area contributed by atoms with Crippen molar-refractivity contribution in [3.63, 3.8) is 0 Å². The molecule has 9 nitrogen and oxygen atoms in total. The third kappa shape index (κ3) is 3.86. The van der Waals surface area contributed by atoms with Crippen LogP contribution in [0.25, 0.3) is 16.2 Å². The van der Waals surface area contributed by atoms with Gasteiger partial charge in [-0.15, -0.1) is 22.7 Å². The highest BCUT2D eigenvalue weighted by atomic mass is 32.2. The number of carbonyl (C=O) groups is 1. The number of amides is 1. The molecule has 0 unspecified atom stereocenters. The highest BCUT2D eigenvalue weighted by Gasteiger charge is 2.18. The molecule has 0 fully saturated rings.